The maximum absolute atomic E-state index is 5.75. The molecule has 0 saturated heterocycles. The third kappa shape index (κ3) is 1.50. The van der Waals surface area contributed by atoms with Crippen LogP contribution in [-0.2, 0) is 0 Å². The Morgan fingerprint density at radius 2 is 1.73 bits per heavy atom. The maximum atomic E-state index is 5.75. The zero-order valence-corrected chi connectivity index (χ0v) is 9.28. The summed E-state index contributed by atoms with van der Waals surface area (Å²) in [5.41, 5.74) is 10.4. The second-order valence-corrected chi connectivity index (χ2v) is 3.83. The van der Waals surface area contributed by atoms with Gasteiger partial charge in [-0.2, -0.15) is 0 Å². The molecule has 78 valence electrons. The molecule has 0 aliphatic rings. The first-order valence-corrected chi connectivity index (χ1v) is 4.97. The van der Waals surface area contributed by atoms with Gasteiger partial charge in [-0.05, 0) is 31.9 Å². The fraction of sp³-hybridized carbons (Fsp3) is 0.250. The number of aromatic nitrogens is 2. The quantitative estimate of drug-likeness (QED) is 0.769. The van der Waals surface area contributed by atoms with E-state index in [2.05, 4.69) is 37.0 Å². The molecule has 0 unspecified atom stereocenters. The molecule has 0 bridgehead atoms. The van der Waals surface area contributed by atoms with E-state index >= 15 is 0 Å². The van der Waals surface area contributed by atoms with Crippen molar-refractivity contribution in [2.45, 2.75) is 20.8 Å². The van der Waals surface area contributed by atoms with E-state index in [-0.39, 0.29) is 0 Å². The van der Waals surface area contributed by atoms with Gasteiger partial charge in [0.2, 0.25) is 0 Å². The van der Waals surface area contributed by atoms with Crippen LogP contribution in [0.2, 0.25) is 0 Å². The van der Waals surface area contributed by atoms with Gasteiger partial charge < -0.3 is 10.3 Å². The van der Waals surface area contributed by atoms with Crippen LogP contribution >= 0.6 is 0 Å². The van der Waals surface area contributed by atoms with E-state index in [0.29, 0.717) is 5.82 Å². The van der Waals surface area contributed by atoms with Gasteiger partial charge in [0.15, 0.2) is 0 Å². The zero-order valence-electron chi connectivity index (χ0n) is 9.28. The Kier molecular flexibility index (Phi) is 2.23. The van der Waals surface area contributed by atoms with Crippen LogP contribution in [0.4, 0.5) is 5.82 Å². The van der Waals surface area contributed by atoms with Gasteiger partial charge in [-0.3, -0.25) is 0 Å². The van der Waals surface area contributed by atoms with Crippen molar-refractivity contribution in [3.8, 4) is 5.69 Å². The zero-order chi connectivity index (χ0) is 11.0. The molecule has 2 aromatic rings. The Labute approximate surface area is 89.6 Å². The first kappa shape index (κ1) is 9.77. The van der Waals surface area contributed by atoms with Crippen LogP contribution in [-0.4, -0.2) is 9.55 Å². The summed E-state index contributed by atoms with van der Waals surface area (Å²) in [5.74, 6) is 0.595. The summed E-state index contributed by atoms with van der Waals surface area (Å²) in [4.78, 5) is 4.12. The Morgan fingerprint density at radius 1 is 1.13 bits per heavy atom. The highest BCUT2D eigenvalue weighted by atomic mass is 15.1. The van der Waals surface area contributed by atoms with Gasteiger partial charge >= 0.3 is 0 Å². The van der Waals surface area contributed by atoms with Gasteiger partial charge in [-0.15, -0.1) is 0 Å². The standard InChI is InChI=1S/C12H15N3/c1-8-5-4-6-9(2)11(8)15-7-14-12(13)10(15)3/h4-7H,13H2,1-3H3. The summed E-state index contributed by atoms with van der Waals surface area (Å²) in [6, 6.07) is 6.25. The van der Waals surface area contributed by atoms with Gasteiger partial charge in [-0.25, -0.2) is 4.98 Å². The fourth-order valence-electron chi connectivity index (χ4n) is 1.83. The molecule has 0 fully saturated rings. The fourth-order valence-corrected chi connectivity index (χ4v) is 1.83. The number of aryl methyl sites for hydroxylation is 2. The first-order chi connectivity index (χ1) is 7.11. The second-order valence-electron chi connectivity index (χ2n) is 3.83. The molecule has 3 heteroatoms. The summed E-state index contributed by atoms with van der Waals surface area (Å²) in [5, 5.41) is 0. The predicted molar refractivity (Wildman–Crippen MR) is 62.2 cm³/mol. The van der Waals surface area contributed by atoms with Crippen molar-refractivity contribution in [3.05, 3.63) is 41.3 Å². The highest BCUT2D eigenvalue weighted by Gasteiger charge is 2.09. The number of nitrogens with zero attached hydrogens (tertiary/aromatic N) is 2. The summed E-state index contributed by atoms with van der Waals surface area (Å²) in [6.07, 6.45) is 1.78. The normalized spacial score (nSPS) is 10.6. The number of para-hydroxylation sites is 1. The number of anilines is 1. The molecule has 0 aliphatic carbocycles. The van der Waals surface area contributed by atoms with Crippen LogP contribution in [0.1, 0.15) is 16.8 Å². The molecular weight excluding hydrogens is 186 g/mol. The number of nitrogen functional groups attached to an aromatic ring is 1. The Balaban J connectivity index is 2.69. The van der Waals surface area contributed by atoms with Crippen LogP contribution in [0.25, 0.3) is 5.69 Å². The van der Waals surface area contributed by atoms with Crippen LogP contribution in [0, 0.1) is 20.8 Å². The molecule has 1 heterocycles. The van der Waals surface area contributed by atoms with Crippen molar-refractivity contribution in [3.63, 3.8) is 0 Å². The molecule has 0 saturated carbocycles. The lowest BCUT2D eigenvalue weighted by atomic mass is 10.1. The van der Waals surface area contributed by atoms with E-state index < -0.39 is 0 Å². The molecule has 2 rings (SSSR count). The molecule has 15 heavy (non-hydrogen) atoms. The lowest BCUT2D eigenvalue weighted by Gasteiger charge is -2.12. The average Bonchev–Trinajstić information content (AvgIpc) is 2.49. The highest BCUT2D eigenvalue weighted by Crippen LogP contribution is 2.22. The minimum absolute atomic E-state index is 0.595. The molecule has 3 nitrogen and oxygen atoms in total. The van der Waals surface area contributed by atoms with Gasteiger partial charge in [0, 0.05) is 0 Å². The summed E-state index contributed by atoms with van der Waals surface area (Å²) in [7, 11) is 0. The number of imidazole rings is 1. The minimum atomic E-state index is 0.595. The first-order valence-electron chi connectivity index (χ1n) is 4.97. The van der Waals surface area contributed by atoms with Gasteiger partial charge in [0.1, 0.15) is 12.1 Å². The molecule has 0 atom stereocenters. The summed E-state index contributed by atoms with van der Waals surface area (Å²) >= 11 is 0. The van der Waals surface area contributed by atoms with E-state index in [1.807, 2.05) is 11.5 Å². The van der Waals surface area contributed by atoms with E-state index in [4.69, 9.17) is 5.73 Å². The Hall–Kier alpha value is -1.77. The van der Waals surface area contributed by atoms with E-state index in [1.54, 1.807) is 6.33 Å². The maximum Gasteiger partial charge on any atom is 0.144 e. The van der Waals surface area contributed by atoms with E-state index in [0.717, 1.165) is 5.69 Å². The van der Waals surface area contributed by atoms with Crippen molar-refractivity contribution in [2.24, 2.45) is 0 Å². The lowest BCUT2D eigenvalue weighted by molar-refractivity contribution is 0.979. The molecule has 0 aliphatic heterocycles. The van der Waals surface area contributed by atoms with Gasteiger partial charge in [0.05, 0.1) is 11.4 Å². The van der Waals surface area contributed by atoms with Crippen LogP contribution < -0.4 is 5.73 Å². The Morgan fingerprint density at radius 3 is 2.20 bits per heavy atom. The molecule has 0 spiro atoms. The predicted octanol–water partition coefficient (Wildman–Crippen LogP) is 2.38. The third-order valence-electron chi connectivity index (χ3n) is 2.72. The van der Waals surface area contributed by atoms with Crippen molar-refractivity contribution in [1.29, 1.82) is 0 Å². The topological polar surface area (TPSA) is 43.8 Å². The van der Waals surface area contributed by atoms with Crippen molar-refractivity contribution in [1.82, 2.24) is 9.55 Å². The molecule has 1 aromatic carbocycles. The van der Waals surface area contributed by atoms with Crippen LogP contribution in [0.5, 0.6) is 0 Å². The smallest absolute Gasteiger partial charge is 0.144 e. The average molecular weight is 201 g/mol. The monoisotopic (exact) mass is 201 g/mol. The largest absolute Gasteiger partial charge is 0.382 e. The van der Waals surface area contributed by atoms with Crippen molar-refractivity contribution < 1.29 is 0 Å². The molecule has 1 aromatic heterocycles. The van der Waals surface area contributed by atoms with E-state index in [9.17, 15) is 0 Å². The van der Waals surface area contributed by atoms with Gasteiger partial charge in [0.25, 0.3) is 0 Å². The van der Waals surface area contributed by atoms with E-state index in [1.165, 1.54) is 16.8 Å². The van der Waals surface area contributed by atoms with Crippen LogP contribution in [0.3, 0.4) is 0 Å². The lowest BCUT2D eigenvalue weighted by Crippen LogP contribution is -2.01. The van der Waals surface area contributed by atoms with Crippen LogP contribution in [0.15, 0.2) is 24.5 Å². The SMILES string of the molecule is Cc1cccc(C)c1-n1cnc(N)c1C. The third-order valence-corrected chi connectivity index (χ3v) is 2.72. The molecule has 0 amide bonds. The molecule has 0 radical (unpaired) electrons. The van der Waals surface area contributed by atoms with Crippen molar-refractivity contribution >= 4 is 5.82 Å². The summed E-state index contributed by atoms with van der Waals surface area (Å²) < 4.78 is 2.04. The Bertz CT molecular complexity index is 477. The highest BCUT2D eigenvalue weighted by molar-refractivity contribution is 5.50. The summed E-state index contributed by atoms with van der Waals surface area (Å²) in [6.45, 7) is 6.17. The second kappa shape index (κ2) is 3.42. The number of hydrogen-bond acceptors (Lipinski definition) is 2. The van der Waals surface area contributed by atoms with Gasteiger partial charge in [-0.1, -0.05) is 18.2 Å². The number of benzene rings is 1. The number of nitrogens with two attached hydrogens (primary N) is 1. The minimum Gasteiger partial charge on any atom is -0.382 e. The molecular formula is C12H15N3. The number of hydrogen-bond donors (Lipinski definition) is 1. The molecule has 2 N–H and O–H groups in total. The van der Waals surface area contributed by atoms with Crippen molar-refractivity contribution in [2.75, 3.05) is 5.73 Å². The number of rotatable bonds is 1.